The molecule has 26 heavy (non-hydrogen) atoms. The minimum absolute atomic E-state index is 0.0939. The third-order valence-electron chi connectivity index (χ3n) is 3.76. The fourth-order valence-corrected chi connectivity index (χ4v) is 2.57. The number of aromatic nitrogens is 2. The highest BCUT2D eigenvalue weighted by Crippen LogP contribution is 2.25. The van der Waals surface area contributed by atoms with Gasteiger partial charge in [0.15, 0.2) is 5.82 Å². The van der Waals surface area contributed by atoms with E-state index in [2.05, 4.69) is 30.7 Å². The van der Waals surface area contributed by atoms with Gasteiger partial charge in [-0.2, -0.15) is 0 Å². The Morgan fingerprint density at radius 1 is 1.15 bits per heavy atom. The molecule has 1 heterocycles. The maximum absolute atomic E-state index is 11.9. The van der Waals surface area contributed by atoms with E-state index in [1.54, 1.807) is 13.8 Å². The molecule has 0 atom stereocenters. The van der Waals surface area contributed by atoms with Crippen LogP contribution in [-0.4, -0.2) is 29.2 Å². The zero-order chi connectivity index (χ0) is 19.3. The van der Waals surface area contributed by atoms with Crippen molar-refractivity contribution in [2.45, 2.75) is 41.0 Å². The molecule has 0 aliphatic rings. The second kappa shape index (κ2) is 8.49. The van der Waals surface area contributed by atoms with Gasteiger partial charge in [0.1, 0.15) is 16.5 Å². The highest BCUT2D eigenvalue weighted by atomic mass is 35.5. The van der Waals surface area contributed by atoms with Crippen LogP contribution in [0.2, 0.25) is 5.15 Å². The molecule has 0 saturated heterocycles. The van der Waals surface area contributed by atoms with Gasteiger partial charge in [-0.25, -0.2) is 14.8 Å². The molecule has 0 amide bonds. The van der Waals surface area contributed by atoms with E-state index in [0.717, 1.165) is 17.7 Å². The van der Waals surface area contributed by atoms with E-state index in [-0.39, 0.29) is 22.7 Å². The van der Waals surface area contributed by atoms with Crippen molar-refractivity contribution >= 4 is 17.6 Å². The third kappa shape index (κ3) is 5.43. The zero-order valence-corrected chi connectivity index (χ0v) is 16.7. The van der Waals surface area contributed by atoms with E-state index >= 15 is 0 Å². The van der Waals surface area contributed by atoms with Crippen molar-refractivity contribution < 1.29 is 14.3 Å². The molecule has 2 rings (SSSR count). The summed E-state index contributed by atoms with van der Waals surface area (Å²) in [5.74, 6) is 0.745. The van der Waals surface area contributed by atoms with E-state index < -0.39 is 5.97 Å². The van der Waals surface area contributed by atoms with Crippen LogP contribution in [0, 0.1) is 12.3 Å². The van der Waals surface area contributed by atoms with E-state index in [1.165, 1.54) is 0 Å². The van der Waals surface area contributed by atoms with E-state index in [0.29, 0.717) is 18.1 Å². The Kier molecular flexibility index (Phi) is 6.59. The second-order valence-corrected chi connectivity index (χ2v) is 7.56. The van der Waals surface area contributed by atoms with Crippen LogP contribution in [0.3, 0.4) is 0 Å². The van der Waals surface area contributed by atoms with Crippen LogP contribution in [0.1, 0.15) is 50.2 Å². The van der Waals surface area contributed by atoms with Gasteiger partial charge in [0.25, 0.3) is 0 Å². The van der Waals surface area contributed by atoms with E-state index in [1.807, 2.05) is 24.3 Å². The second-order valence-electron chi connectivity index (χ2n) is 7.20. The monoisotopic (exact) mass is 376 g/mol. The van der Waals surface area contributed by atoms with Crippen molar-refractivity contribution in [3.8, 4) is 17.1 Å². The van der Waals surface area contributed by atoms with Crippen LogP contribution < -0.4 is 4.74 Å². The molecule has 5 nitrogen and oxygen atoms in total. The first-order valence-corrected chi connectivity index (χ1v) is 9.03. The van der Waals surface area contributed by atoms with Gasteiger partial charge >= 0.3 is 5.97 Å². The van der Waals surface area contributed by atoms with Gasteiger partial charge in [-0.1, -0.05) is 32.4 Å². The zero-order valence-electron chi connectivity index (χ0n) is 15.9. The molecule has 0 aliphatic heterocycles. The van der Waals surface area contributed by atoms with Crippen LogP contribution in [0.25, 0.3) is 11.4 Å². The van der Waals surface area contributed by atoms with Gasteiger partial charge in [-0.05, 0) is 49.9 Å². The number of aryl methyl sites for hydroxylation is 1. The molecule has 2 aromatic rings. The van der Waals surface area contributed by atoms with Crippen molar-refractivity contribution in [1.29, 1.82) is 0 Å². The van der Waals surface area contributed by atoms with E-state index in [9.17, 15) is 4.79 Å². The third-order valence-corrected chi connectivity index (χ3v) is 4.03. The topological polar surface area (TPSA) is 61.3 Å². The Bertz CT molecular complexity index is 745. The molecule has 140 valence electrons. The lowest BCUT2D eigenvalue weighted by Crippen LogP contribution is -2.11. The highest BCUT2D eigenvalue weighted by molar-refractivity contribution is 6.32. The fraction of sp³-hybridized carbons (Fsp3) is 0.450. The van der Waals surface area contributed by atoms with Crippen molar-refractivity contribution in [3.63, 3.8) is 0 Å². The van der Waals surface area contributed by atoms with Crippen LogP contribution >= 0.6 is 11.6 Å². The summed E-state index contributed by atoms with van der Waals surface area (Å²) in [5.41, 5.74) is 1.74. The first-order chi connectivity index (χ1) is 12.2. The summed E-state index contributed by atoms with van der Waals surface area (Å²) in [6.07, 6.45) is 0.974. The molecule has 6 heteroatoms. The van der Waals surface area contributed by atoms with Crippen LogP contribution in [0.4, 0.5) is 0 Å². The minimum Gasteiger partial charge on any atom is -0.494 e. The molecular formula is C20H25ClN2O3. The summed E-state index contributed by atoms with van der Waals surface area (Å²) in [6, 6.07) is 7.51. The molecule has 0 bridgehead atoms. The minimum atomic E-state index is -0.510. The Hall–Kier alpha value is -2.14. The van der Waals surface area contributed by atoms with Gasteiger partial charge in [-0.3, -0.25) is 0 Å². The summed E-state index contributed by atoms with van der Waals surface area (Å²) in [7, 11) is 0. The normalized spacial score (nSPS) is 11.3. The largest absolute Gasteiger partial charge is 0.494 e. The van der Waals surface area contributed by atoms with E-state index in [4.69, 9.17) is 21.1 Å². The van der Waals surface area contributed by atoms with Gasteiger partial charge in [0.2, 0.25) is 0 Å². The number of carbonyl (C=O) groups is 1. The van der Waals surface area contributed by atoms with Gasteiger partial charge in [0.05, 0.1) is 18.9 Å². The number of hydrogen-bond donors (Lipinski definition) is 0. The Balaban J connectivity index is 2.15. The summed E-state index contributed by atoms with van der Waals surface area (Å²) in [5, 5.41) is 0.0939. The summed E-state index contributed by atoms with van der Waals surface area (Å²) < 4.78 is 10.8. The lowest BCUT2D eigenvalue weighted by Gasteiger charge is -2.18. The Morgan fingerprint density at radius 3 is 2.35 bits per heavy atom. The molecule has 0 unspecified atom stereocenters. The van der Waals surface area contributed by atoms with Crippen LogP contribution in [-0.2, 0) is 4.74 Å². The molecule has 1 aromatic heterocycles. The number of benzene rings is 1. The smallest absolute Gasteiger partial charge is 0.343 e. The first-order valence-electron chi connectivity index (χ1n) is 8.66. The molecule has 0 saturated carbocycles. The van der Waals surface area contributed by atoms with Crippen LogP contribution in [0.15, 0.2) is 24.3 Å². The fourth-order valence-electron chi connectivity index (χ4n) is 2.28. The number of esters is 1. The van der Waals surface area contributed by atoms with Crippen molar-refractivity contribution in [2.24, 2.45) is 5.41 Å². The molecule has 0 radical (unpaired) electrons. The summed E-state index contributed by atoms with van der Waals surface area (Å²) in [6.45, 7) is 10.9. The van der Waals surface area contributed by atoms with Crippen molar-refractivity contribution in [1.82, 2.24) is 9.97 Å². The number of nitrogens with zero attached hydrogens (tertiary/aromatic N) is 2. The average Bonchev–Trinajstić information content (AvgIpc) is 2.54. The lowest BCUT2D eigenvalue weighted by atomic mass is 9.93. The molecule has 0 spiro atoms. The van der Waals surface area contributed by atoms with Gasteiger partial charge < -0.3 is 9.47 Å². The SMILES string of the molecule is CCOC(=O)c1c(C)nc(-c2ccc(OCCC(C)(C)C)cc2)nc1Cl. The molecule has 1 aromatic carbocycles. The van der Waals surface area contributed by atoms with Crippen molar-refractivity contribution in [2.75, 3.05) is 13.2 Å². The quantitative estimate of drug-likeness (QED) is 0.518. The lowest BCUT2D eigenvalue weighted by molar-refractivity contribution is 0.0524. The molecule has 0 N–H and O–H groups in total. The first kappa shape index (κ1) is 20.2. The summed E-state index contributed by atoms with van der Waals surface area (Å²) >= 11 is 6.18. The number of halogens is 1. The van der Waals surface area contributed by atoms with Gasteiger partial charge in [-0.15, -0.1) is 0 Å². The molecule has 0 aliphatic carbocycles. The number of ether oxygens (including phenoxy) is 2. The van der Waals surface area contributed by atoms with Gasteiger partial charge in [0, 0.05) is 5.56 Å². The Labute approximate surface area is 159 Å². The number of rotatable bonds is 6. The highest BCUT2D eigenvalue weighted by Gasteiger charge is 2.19. The number of hydrogen-bond acceptors (Lipinski definition) is 5. The average molecular weight is 377 g/mol. The standard InChI is InChI=1S/C20H25ClN2O3/c1-6-25-19(24)16-13(2)22-18(23-17(16)21)14-7-9-15(10-8-14)26-12-11-20(3,4)5/h7-10H,6,11-12H2,1-5H3. The maximum atomic E-state index is 11.9. The molecule has 0 fully saturated rings. The predicted octanol–water partition coefficient (Wildman–Crippen LogP) is 5.10. The Morgan fingerprint density at radius 2 is 1.81 bits per heavy atom. The van der Waals surface area contributed by atoms with Crippen molar-refractivity contribution in [3.05, 3.63) is 40.7 Å². The maximum Gasteiger partial charge on any atom is 0.343 e. The van der Waals surface area contributed by atoms with Crippen LogP contribution in [0.5, 0.6) is 5.75 Å². The number of carbonyl (C=O) groups excluding carboxylic acids is 1. The summed E-state index contributed by atoms with van der Waals surface area (Å²) in [4.78, 5) is 20.6. The molecular weight excluding hydrogens is 352 g/mol. The predicted molar refractivity (Wildman–Crippen MR) is 103 cm³/mol.